The molecule has 0 spiro atoms. The first-order chi connectivity index (χ1) is 13.8. The van der Waals surface area contributed by atoms with Gasteiger partial charge in [0, 0.05) is 36.1 Å². The number of carbonyl (C=O) groups is 2. The summed E-state index contributed by atoms with van der Waals surface area (Å²) in [5.41, 5.74) is 1.18. The number of rotatable bonds is 4. The third-order valence-electron chi connectivity index (χ3n) is 4.95. The number of carbonyl (C=O) groups excluding carboxylic acids is 2. The van der Waals surface area contributed by atoms with Crippen molar-refractivity contribution < 1.29 is 14.0 Å². The number of aromatic amines is 1. The summed E-state index contributed by atoms with van der Waals surface area (Å²) in [7, 11) is 0. The second kappa shape index (κ2) is 8.85. The van der Waals surface area contributed by atoms with Gasteiger partial charge in [-0.15, -0.1) is 0 Å². The fourth-order valence-electron chi connectivity index (χ4n) is 3.38. The Morgan fingerprint density at radius 1 is 1.21 bits per heavy atom. The highest BCUT2D eigenvalue weighted by Gasteiger charge is 2.25. The van der Waals surface area contributed by atoms with Crippen molar-refractivity contribution in [1.29, 1.82) is 0 Å². The number of hydrogen-bond acceptors (Lipinski definition) is 4. The number of benzene rings is 1. The second-order valence-corrected chi connectivity index (χ2v) is 7.15. The molecule has 1 aromatic heterocycles. The van der Waals surface area contributed by atoms with Gasteiger partial charge in [0.25, 0.3) is 5.56 Å². The van der Waals surface area contributed by atoms with Crippen LogP contribution in [0.3, 0.4) is 0 Å². The minimum atomic E-state index is -0.369. The van der Waals surface area contributed by atoms with Crippen molar-refractivity contribution in [2.45, 2.75) is 39.2 Å². The molecule has 2 heterocycles. The van der Waals surface area contributed by atoms with E-state index in [0.29, 0.717) is 48.7 Å². The Morgan fingerprint density at radius 2 is 1.86 bits per heavy atom. The molecule has 1 aliphatic rings. The molecule has 0 bridgehead atoms. The van der Waals surface area contributed by atoms with Gasteiger partial charge in [-0.2, -0.15) is 0 Å². The van der Waals surface area contributed by atoms with E-state index in [4.69, 9.17) is 0 Å². The summed E-state index contributed by atoms with van der Waals surface area (Å²) in [6.45, 7) is 4.41. The number of nitrogens with one attached hydrogen (secondary N) is 3. The largest absolute Gasteiger partial charge is 0.342 e. The molecule has 2 aromatic rings. The molecule has 29 heavy (non-hydrogen) atoms. The molecule has 0 aliphatic carbocycles. The number of aromatic nitrogens is 2. The van der Waals surface area contributed by atoms with Gasteiger partial charge in [0.1, 0.15) is 11.6 Å². The maximum atomic E-state index is 12.9. The Bertz CT molecular complexity index is 950. The van der Waals surface area contributed by atoms with Crippen LogP contribution in [0.25, 0.3) is 0 Å². The van der Waals surface area contributed by atoms with Crippen LogP contribution in [0.15, 0.2) is 29.1 Å². The van der Waals surface area contributed by atoms with Gasteiger partial charge < -0.3 is 20.5 Å². The standard InChI is InChI=1S/C20H24FN5O3/c1-12-17(19(28)23-13(2)22-12)11-18(27)26-9-7-16(8-10-26)25-20(29)24-15-5-3-14(21)4-6-15/h3-6,16H,7-11H2,1-2H3,(H,22,23,28)(H2,24,25,29). The normalized spacial score (nSPS) is 14.5. The van der Waals surface area contributed by atoms with Gasteiger partial charge in [-0.25, -0.2) is 14.2 Å². The lowest BCUT2D eigenvalue weighted by atomic mass is 10.0. The molecule has 1 aliphatic heterocycles. The van der Waals surface area contributed by atoms with Crippen molar-refractivity contribution in [3.8, 4) is 0 Å². The molecule has 3 rings (SSSR count). The van der Waals surface area contributed by atoms with Crippen molar-refractivity contribution in [3.63, 3.8) is 0 Å². The van der Waals surface area contributed by atoms with E-state index >= 15 is 0 Å². The average Bonchev–Trinajstić information content (AvgIpc) is 2.67. The maximum absolute atomic E-state index is 12.9. The lowest BCUT2D eigenvalue weighted by Crippen LogP contribution is -2.48. The Hall–Kier alpha value is -3.23. The number of hydrogen-bond donors (Lipinski definition) is 3. The van der Waals surface area contributed by atoms with E-state index in [1.807, 2.05) is 0 Å². The van der Waals surface area contributed by atoms with Crippen LogP contribution in [0.5, 0.6) is 0 Å². The lowest BCUT2D eigenvalue weighted by molar-refractivity contribution is -0.131. The van der Waals surface area contributed by atoms with Crippen LogP contribution in [-0.4, -0.2) is 45.9 Å². The number of nitrogens with zero attached hydrogens (tertiary/aromatic N) is 2. The van der Waals surface area contributed by atoms with E-state index in [9.17, 15) is 18.8 Å². The summed E-state index contributed by atoms with van der Waals surface area (Å²) in [4.78, 5) is 45.3. The molecule has 0 unspecified atom stereocenters. The summed E-state index contributed by atoms with van der Waals surface area (Å²) in [5, 5.41) is 5.53. The van der Waals surface area contributed by atoms with Gasteiger partial charge in [0.15, 0.2) is 0 Å². The third kappa shape index (κ3) is 5.40. The first kappa shape index (κ1) is 20.5. The summed E-state index contributed by atoms with van der Waals surface area (Å²) >= 11 is 0. The first-order valence-electron chi connectivity index (χ1n) is 9.49. The van der Waals surface area contributed by atoms with E-state index in [2.05, 4.69) is 20.6 Å². The summed E-state index contributed by atoms with van der Waals surface area (Å²) in [6, 6.07) is 5.09. The van der Waals surface area contributed by atoms with Gasteiger partial charge in [-0.1, -0.05) is 0 Å². The first-order valence-corrected chi connectivity index (χ1v) is 9.49. The van der Waals surface area contributed by atoms with Crippen molar-refractivity contribution >= 4 is 17.6 Å². The smallest absolute Gasteiger partial charge is 0.319 e. The fourth-order valence-corrected chi connectivity index (χ4v) is 3.38. The zero-order chi connectivity index (χ0) is 21.0. The van der Waals surface area contributed by atoms with Crippen LogP contribution >= 0.6 is 0 Å². The van der Waals surface area contributed by atoms with Gasteiger partial charge in [-0.05, 0) is 51.0 Å². The predicted octanol–water partition coefficient (Wildman–Crippen LogP) is 1.88. The Balaban J connectivity index is 1.48. The fraction of sp³-hybridized carbons (Fsp3) is 0.400. The van der Waals surface area contributed by atoms with Crippen molar-refractivity contribution in [3.05, 3.63) is 57.5 Å². The Morgan fingerprint density at radius 3 is 2.48 bits per heavy atom. The molecule has 1 saturated heterocycles. The average molecular weight is 401 g/mol. The monoisotopic (exact) mass is 401 g/mol. The Kier molecular flexibility index (Phi) is 6.26. The quantitative estimate of drug-likeness (QED) is 0.727. The molecule has 3 N–H and O–H groups in total. The van der Waals surface area contributed by atoms with Crippen LogP contribution in [0.4, 0.5) is 14.9 Å². The molecule has 0 radical (unpaired) electrons. The highest BCUT2D eigenvalue weighted by Crippen LogP contribution is 2.13. The summed E-state index contributed by atoms with van der Waals surface area (Å²) < 4.78 is 12.9. The van der Waals surface area contributed by atoms with Crippen molar-refractivity contribution in [2.75, 3.05) is 18.4 Å². The molecule has 9 heteroatoms. The molecular formula is C20H24FN5O3. The van der Waals surface area contributed by atoms with Crippen LogP contribution in [0, 0.1) is 19.7 Å². The molecule has 1 fully saturated rings. The zero-order valence-electron chi connectivity index (χ0n) is 16.4. The molecule has 3 amide bonds. The number of piperidine rings is 1. The second-order valence-electron chi connectivity index (χ2n) is 7.15. The number of urea groups is 1. The number of amides is 3. The number of anilines is 1. The SMILES string of the molecule is Cc1nc(C)c(CC(=O)N2CCC(NC(=O)Nc3ccc(F)cc3)CC2)c(=O)[nH]1. The zero-order valence-corrected chi connectivity index (χ0v) is 16.4. The van der Waals surface area contributed by atoms with Crippen molar-refractivity contribution in [2.24, 2.45) is 0 Å². The van der Waals surface area contributed by atoms with Gasteiger partial charge >= 0.3 is 6.03 Å². The van der Waals surface area contributed by atoms with Gasteiger partial charge in [-0.3, -0.25) is 9.59 Å². The topological polar surface area (TPSA) is 107 Å². The number of halogens is 1. The number of likely N-dealkylation sites (tertiary alicyclic amines) is 1. The van der Waals surface area contributed by atoms with E-state index in [1.165, 1.54) is 24.3 Å². The van der Waals surface area contributed by atoms with Gasteiger partial charge in [0.05, 0.1) is 6.42 Å². The summed E-state index contributed by atoms with van der Waals surface area (Å²) in [6.07, 6.45) is 1.24. The molecule has 154 valence electrons. The minimum absolute atomic E-state index is 0.0115. The van der Waals surface area contributed by atoms with Crippen molar-refractivity contribution in [1.82, 2.24) is 20.2 Å². The third-order valence-corrected chi connectivity index (χ3v) is 4.95. The van der Waals surface area contributed by atoms with E-state index < -0.39 is 0 Å². The molecule has 0 saturated carbocycles. The highest BCUT2D eigenvalue weighted by molar-refractivity contribution is 5.89. The van der Waals surface area contributed by atoms with Gasteiger partial charge in [0.2, 0.25) is 5.91 Å². The highest BCUT2D eigenvalue weighted by atomic mass is 19.1. The van der Waals surface area contributed by atoms with E-state index in [-0.39, 0.29) is 35.8 Å². The Labute approximate surface area is 167 Å². The number of H-pyrrole nitrogens is 1. The van der Waals surface area contributed by atoms with E-state index in [0.717, 1.165) is 0 Å². The number of aryl methyl sites for hydroxylation is 2. The van der Waals surface area contributed by atoms with Crippen LogP contribution in [-0.2, 0) is 11.2 Å². The van der Waals surface area contributed by atoms with E-state index in [1.54, 1.807) is 18.7 Å². The molecular weight excluding hydrogens is 377 g/mol. The molecule has 8 nitrogen and oxygen atoms in total. The van der Waals surface area contributed by atoms with Crippen LogP contribution in [0.2, 0.25) is 0 Å². The predicted molar refractivity (Wildman–Crippen MR) is 106 cm³/mol. The minimum Gasteiger partial charge on any atom is -0.342 e. The van der Waals surface area contributed by atoms with Crippen LogP contribution < -0.4 is 16.2 Å². The molecule has 1 aromatic carbocycles. The lowest BCUT2D eigenvalue weighted by Gasteiger charge is -2.32. The van der Waals surface area contributed by atoms with Crippen LogP contribution in [0.1, 0.15) is 29.9 Å². The summed E-state index contributed by atoms with van der Waals surface area (Å²) in [5.74, 6) is 0.0274. The maximum Gasteiger partial charge on any atom is 0.319 e. The molecule has 0 atom stereocenters.